The Morgan fingerprint density at radius 3 is 2.30 bits per heavy atom. The standard InChI is InChI=1S/C7H12Br2O/c1-7(2,5-10-3)4-6(8)9/h4H,5H2,1-3H3. The van der Waals surface area contributed by atoms with E-state index in [0.29, 0.717) is 0 Å². The van der Waals surface area contributed by atoms with Gasteiger partial charge in [0.1, 0.15) is 0 Å². The van der Waals surface area contributed by atoms with Crippen LogP contribution < -0.4 is 0 Å². The Labute approximate surface area is 79.1 Å². The Kier molecular flexibility index (Phi) is 4.82. The Bertz CT molecular complexity index is 126. The van der Waals surface area contributed by atoms with Gasteiger partial charge >= 0.3 is 0 Å². The number of methoxy groups -OCH3 is 1. The molecule has 3 heteroatoms. The van der Waals surface area contributed by atoms with E-state index in [1.54, 1.807) is 7.11 Å². The summed E-state index contributed by atoms with van der Waals surface area (Å²) in [6.07, 6.45) is 2.07. The van der Waals surface area contributed by atoms with Crippen LogP contribution >= 0.6 is 31.9 Å². The van der Waals surface area contributed by atoms with Crippen molar-refractivity contribution in [3.8, 4) is 0 Å². The van der Waals surface area contributed by atoms with Gasteiger partial charge in [0.25, 0.3) is 0 Å². The van der Waals surface area contributed by atoms with Crippen molar-refractivity contribution in [1.29, 1.82) is 0 Å². The molecule has 1 nitrogen and oxygen atoms in total. The van der Waals surface area contributed by atoms with Crippen molar-refractivity contribution >= 4 is 31.9 Å². The molecule has 10 heavy (non-hydrogen) atoms. The average Bonchev–Trinajstić information content (AvgIpc) is 1.59. The van der Waals surface area contributed by atoms with Crippen LogP contribution in [0.2, 0.25) is 0 Å². The van der Waals surface area contributed by atoms with Crippen molar-refractivity contribution in [2.45, 2.75) is 13.8 Å². The first kappa shape index (κ1) is 10.7. The molecule has 0 bridgehead atoms. The summed E-state index contributed by atoms with van der Waals surface area (Å²) in [5.41, 5.74) is 0.0943. The lowest BCUT2D eigenvalue weighted by atomic mass is 9.96. The van der Waals surface area contributed by atoms with E-state index in [1.165, 1.54) is 0 Å². The third-order valence-electron chi connectivity index (χ3n) is 1.02. The molecule has 0 aliphatic rings. The molecule has 0 aromatic rings. The van der Waals surface area contributed by atoms with Crippen LogP contribution in [0.1, 0.15) is 13.8 Å². The minimum Gasteiger partial charge on any atom is -0.384 e. The second-order valence-electron chi connectivity index (χ2n) is 2.86. The second kappa shape index (κ2) is 4.52. The predicted octanol–water partition coefficient (Wildman–Crippen LogP) is 3.29. The van der Waals surface area contributed by atoms with Gasteiger partial charge < -0.3 is 4.74 Å². The normalized spacial score (nSPS) is 11.3. The summed E-state index contributed by atoms with van der Waals surface area (Å²) in [7, 11) is 1.71. The molecular weight excluding hydrogens is 260 g/mol. The van der Waals surface area contributed by atoms with Gasteiger partial charge in [0.2, 0.25) is 0 Å². The third kappa shape index (κ3) is 5.45. The molecule has 0 radical (unpaired) electrons. The van der Waals surface area contributed by atoms with Crippen LogP contribution in [0.15, 0.2) is 9.47 Å². The van der Waals surface area contributed by atoms with E-state index in [0.717, 1.165) is 10.00 Å². The van der Waals surface area contributed by atoms with Crippen LogP contribution in [0.3, 0.4) is 0 Å². The molecule has 0 amide bonds. The van der Waals surface area contributed by atoms with Crippen LogP contribution in [-0.2, 0) is 4.74 Å². The maximum absolute atomic E-state index is 5.02. The lowest BCUT2D eigenvalue weighted by Gasteiger charge is -2.18. The van der Waals surface area contributed by atoms with Crippen molar-refractivity contribution in [1.82, 2.24) is 0 Å². The van der Waals surface area contributed by atoms with Crippen molar-refractivity contribution in [3.63, 3.8) is 0 Å². The van der Waals surface area contributed by atoms with Gasteiger partial charge in [-0.3, -0.25) is 0 Å². The monoisotopic (exact) mass is 270 g/mol. The van der Waals surface area contributed by atoms with Crippen LogP contribution in [-0.4, -0.2) is 13.7 Å². The number of rotatable bonds is 3. The van der Waals surface area contributed by atoms with Gasteiger partial charge in [-0.25, -0.2) is 0 Å². The lowest BCUT2D eigenvalue weighted by molar-refractivity contribution is 0.133. The minimum atomic E-state index is 0.0943. The van der Waals surface area contributed by atoms with E-state index in [-0.39, 0.29) is 5.41 Å². The first-order valence-electron chi connectivity index (χ1n) is 3.01. The van der Waals surface area contributed by atoms with E-state index in [4.69, 9.17) is 4.74 Å². The molecule has 0 spiro atoms. The van der Waals surface area contributed by atoms with Crippen LogP contribution in [0.5, 0.6) is 0 Å². The Morgan fingerprint density at radius 2 is 2.00 bits per heavy atom. The largest absolute Gasteiger partial charge is 0.384 e. The summed E-state index contributed by atoms with van der Waals surface area (Å²) < 4.78 is 6.00. The van der Waals surface area contributed by atoms with Gasteiger partial charge in [-0.05, 0) is 31.9 Å². The highest BCUT2D eigenvalue weighted by Gasteiger charge is 2.13. The van der Waals surface area contributed by atoms with Crippen molar-refractivity contribution < 1.29 is 4.74 Å². The molecule has 0 heterocycles. The van der Waals surface area contributed by atoms with Crippen LogP contribution in [0.25, 0.3) is 0 Å². The van der Waals surface area contributed by atoms with Crippen LogP contribution in [0.4, 0.5) is 0 Å². The molecule has 0 aliphatic heterocycles. The molecule has 0 aromatic carbocycles. The Balaban J connectivity index is 3.98. The molecule has 0 fully saturated rings. The zero-order valence-electron chi connectivity index (χ0n) is 6.45. The summed E-state index contributed by atoms with van der Waals surface area (Å²) in [5, 5.41) is 0. The van der Waals surface area contributed by atoms with Crippen molar-refractivity contribution in [2.24, 2.45) is 5.41 Å². The Morgan fingerprint density at radius 1 is 1.50 bits per heavy atom. The number of halogens is 2. The summed E-state index contributed by atoms with van der Waals surface area (Å²) >= 11 is 6.60. The molecule has 0 aliphatic carbocycles. The lowest BCUT2D eigenvalue weighted by Crippen LogP contribution is -2.14. The van der Waals surface area contributed by atoms with Gasteiger partial charge in [0.05, 0.1) is 10.00 Å². The minimum absolute atomic E-state index is 0.0943. The third-order valence-corrected chi connectivity index (χ3v) is 1.47. The average molecular weight is 272 g/mol. The zero-order chi connectivity index (χ0) is 8.20. The quantitative estimate of drug-likeness (QED) is 0.766. The summed E-state index contributed by atoms with van der Waals surface area (Å²) in [6, 6.07) is 0. The summed E-state index contributed by atoms with van der Waals surface area (Å²) in [6.45, 7) is 4.95. The number of ether oxygens (including phenoxy) is 1. The summed E-state index contributed by atoms with van der Waals surface area (Å²) in [5.74, 6) is 0. The highest BCUT2D eigenvalue weighted by molar-refractivity contribution is 9.28. The maximum Gasteiger partial charge on any atom is 0.0570 e. The fraction of sp³-hybridized carbons (Fsp3) is 0.714. The number of hydrogen-bond acceptors (Lipinski definition) is 1. The smallest absolute Gasteiger partial charge is 0.0570 e. The van der Waals surface area contributed by atoms with E-state index >= 15 is 0 Å². The van der Waals surface area contributed by atoms with E-state index in [1.807, 2.05) is 0 Å². The number of hydrogen-bond donors (Lipinski definition) is 0. The molecular formula is C7H12Br2O. The van der Waals surface area contributed by atoms with Gasteiger partial charge in [-0.2, -0.15) is 0 Å². The van der Waals surface area contributed by atoms with Crippen LogP contribution in [0, 0.1) is 5.41 Å². The second-order valence-corrected chi connectivity index (χ2v) is 5.63. The van der Waals surface area contributed by atoms with E-state index in [9.17, 15) is 0 Å². The SMILES string of the molecule is COCC(C)(C)C=C(Br)Br. The fourth-order valence-corrected chi connectivity index (χ4v) is 1.95. The van der Waals surface area contributed by atoms with Gasteiger partial charge in [0.15, 0.2) is 0 Å². The predicted molar refractivity (Wildman–Crippen MR) is 51.6 cm³/mol. The zero-order valence-corrected chi connectivity index (χ0v) is 9.62. The molecule has 0 rings (SSSR count). The van der Waals surface area contributed by atoms with Gasteiger partial charge in [-0.15, -0.1) is 0 Å². The van der Waals surface area contributed by atoms with Crippen molar-refractivity contribution in [2.75, 3.05) is 13.7 Å². The molecule has 0 N–H and O–H groups in total. The fourth-order valence-electron chi connectivity index (χ4n) is 0.709. The van der Waals surface area contributed by atoms with Crippen molar-refractivity contribution in [3.05, 3.63) is 9.47 Å². The molecule has 60 valence electrons. The highest BCUT2D eigenvalue weighted by Crippen LogP contribution is 2.24. The summed E-state index contributed by atoms with van der Waals surface area (Å²) in [4.78, 5) is 0. The maximum atomic E-state index is 5.02. The van der Waals surface area contributed by atoms with Gasteiger partial charge in [-0.1, -0.05) is 19.9 Å². The first-order chi connectivity index (χ1) is 4.48. The molecule has 0 saturated heterocycles. The molecule has 0 saturated carbocycles. The molecule has 0 aromatic heterocycles. The Hall–Kier alpha value is 0.660. The molecule has 0 unspecified atom stereocenters. The van der Waals surface area contributed by atoms with Gasteiger partial charge in [0, 0.05) is 12.5 Å². The molecule has 0 atom stereocenters. The van der Waals surface area contributed by atoms with E-state index < -0.39 is 0 Å². The topological polar surface area (TPSA) is 9.23 Å². The van der Waals surface area contributed by atoms with E-state index in [2.05, 4.69) is 51.8 Å². The first-order valence-corrected chi connectivity index (χ1v) is 4.59. The highest BCUT2D eigenvalue weighted by atomic mass is 79.9.